The fourth-order valence-electron chi connectivity index (χ4n) is 4.14. The van der Waals surface area contributed by atoms with E-state index in [0.29, 0.717) is 74.7 Å². The van der Waals surface area contributed by atoms with Crippen molar-refractivity contribution in [3.05, 3.63) is 149 Å². The molecular weight excluding hydrogens is 765 g/mol. The predicted octanol–water partition coefficient (Wildman–Crippen LogP) is 11.0. The molecule has 0 saturated heterocycles. The maximum atomic E-state index is 6.23. The number of aromatic nitrogens is 2. The van der Waals surface area contributed by atoms with Crippen LogP contribution in [0.3, 0.4) is 0 Å². The molecule has 212 valence electrons. The van der Waals surface area contributed by atoms with Crippen LogP contribution in [0.2, 0.25) is 20.4 Å². The van der Waals surface area contributed by atoms with Crippen LogP contribution >= 0.6 is 92.8 Å². The van der Waals surface area contributed by atoms with E-state index in [4.69, 9.17) is 92.8 Å². The molecule has 0 spiro atoms. The predicted molar refractivity (Wildman–Crippen MR) is 179 cm³/mol. The molecule has 0 atom stereocenters. The minimum absolute atomic E-state index is 0. The summed E-state index contributed by atoms with van der Waals surface area (Å²) in [5.41, 5.74) is 5.29. The van der Waals surface area contributed by atoms with Crippen molar-refractivity contribution < 1.29 is 19.5 Å². The normalized spacial score (nSPS) is 16.4. The van der Waals surface area contributed by atoms with Crippen molar-refractivity contribution in [2.45, 2.75) is 0 Å². The Morgan fingerprint density at radius 1 is 0.512 bits per heavy atom. The van der Waals surface area contributed by atoms with Crippen molar-refractivity contribution in [3.63, 3.8) is 0 Å². The van der Waals surface area contributed by atoms with Crippen LogP contribution in [-0.4, -0.2) is 10.3 Å². The SMILES string of the molecule is ClC1=CC(Cl)=N/C1=C(/c1ccccc1)c1[n-]c(Cl)cc1Cl.ClC1=CC(Cl)=N/C1=C(/c1ccccc1)c1[n-]c(Cl)cc1Cl.[Zn+2]. The van der Waals surface area contributed by atoms with E-state index in [1.165, 1.54) is 0 Å². The van der Waals surface area contributed by atoms with E-state index in [0.717, 1.165) is 11.1 Å². The summed E-state index contributed by atoms with van der Waals surface area (Å²) < 4.78 is 0. The molecule has 0 aliphatic carbocycles. The molecular formula is C30H14Cl8N4Zn. The first-order valence-corrected chi connectivity index (χ1v) is 15.0. The summed E-state index contributed by atoms with van der Waals surface area (Å²) in [5.74, 6) is 0. The maximum Gasteiger partial charge on any atom is 2.00 e. The van der Waals surface area contributed by atoms with Gasteiger partial charge < -0.3 is 9.97 Å². The van der Waals surface area contributed by atoms with Gasteiger partial charge in [0.25, 0.3) is 0 Å². The van der Waals surface area contributed by atoms with Crippen LogP contribution < -0.4 is 9.97 Å². The van der Waals surface area contributed by atoms with E-state index in [1.807, 2.05) is 60.7 Å². The van der Waals surface area contributed by atoms with Crippen LogP contribution in [0, 0.1) is 0 Å². The molecule has 4 aromatic rings. The van der Waals surface area contributed by atoms with Crippen LogP contribution in [0.15, 0.2) is 116 Å². The van der Waals surface area contributed by atoms with Crippen molar-refractivity contribution in [3.8, 4) is 0 Å². The zero-order valence-electron chi connectivity index (χ0n) is 21.6. The van der Waals surface area contributed by atoms with Gasteiger partial charge in [0.05, 0.1) is 21.5 Å². The third kappa shape index (κ3) is 7.91. The second kappa shape index (κ2) is 15.0. The molecule has 0 saturated carbocycles. The fraction of sp³-hybridized carbons (Fsp3) is 0. The summed E-state index contributed by atoms with van der Waals surface area (Å²) in [7, 11) is 0. The van der Waals surface area contributed by atoms with Gasteiger partial charge in [-0.05, 0) is 46.6 Å². The fourth-order valence-corrected chi connectivity index (χ4v) is 6.10. The largest absolute Gasteiger partial charge is 2.00 e. The van der Waals surface area contributed by atoms with E-state index in [1.54, 1.807) is 24.3 Å². The number of halogens is 8. The first-order chi connectivity index (χ1) is 20.1. The van der Waals surface area contributed by atoms with Crippen LogP contribution in [0.1, 0.15) is 22.5 Å². The second-order valence-corrected chi connectivity index (χ2v) is 11.8. The minimum Gasteiger partial charge on any atom is -0.646 e. The van der Waals surface area contributed by atoms with Crippen LogP contribution in [0.5, 0.6) is 0 Å². The number of hydrogen-bond donors (Lipinski definition) is 0. The van der Waals surface area contributed by atoms with E-state index >= 15 is 0 Å². The van der Waals surface area contributed by atoms with Gasteiger partial charge in [-0.1, -0.05) is 141 Å². The molecule has 43 heavy (non-hydrogen) atoms. The summed E-state index contributed by atoms with van der Waals surface area (Å²) in [5, 5.41) is 3.02. The first-order valence-electron chi connectivity index (χ1n) is 11.9. The quantitative estimate of drug-likeness (QED) is 0.194. The summed E-state index contributed by atoms with van der Waals surface area (Å²) in [6, 6.07) is 22.3. The number of aliphatic imine (C=N–C) groups is 2. The standard InChI is InChI=1S/2C15H7Cl4N2.Zn/c2*16-9-6-11(18)20-14(9)13(8-4-2-1-3-5-8)15-10(17)7-12(19)21-15;/h2*1-7H;/q2*-1;+2/b2*14-13-;. The third-order valence-corrected chi connectivity index (χ3v) is 7.76. The van der Waals surface area contributed by atoms with Gasteiger partial charge in [0.1, 0.15) is 10.3 Å². The van der Waals surface area contributed by atoms with Gasteiger partial charge in [-0.2, -0.15) is 0 Å². The molecule has 0 radical (unpaired) electrons. The Bertz CT molecular complexity index is 1710. The average Bonchev–Trinajstić information content (AvgIpc) is 3.67. The number of nitrogens with zero attached hydrogens (tertiary/aromatic N) is 4. The average molecular weight is 779 g/mol. The Morgan fingerprint density at radius 2 is 0.860 bits per heavy atom. The van der Waals surface area contributed by atoms with Gasteiger partial charge in [-0.15, -0.1) is 34.6 Å². The minimum atomic E-state index is 0. The number of rotatable bonds is 4. The molecule has 4 heterocycles. The Morgan fingerprint density at radius 3 is 1.12 bits per heavy atom. The first kappa shape index (κ1) is 34.1. The van der Waals surface area contributed by atoms with Crippen molar-refractivity contribution in [1.82, 2.24) is 9.97 Å². The number of allylic oxidation sites excluding steroid dienone is 4. The van der Waals surface area contributed by atoms with Gasteiger partial charge in [0.15, 0.2) is 0 Å². The zero-order chi connectivity index (χ0) is 30.0. The summed E-state index contributed by atoms with van der Waals surface area (Å²) in [4.78, 5) is 17.1. The molecule has 0 unspecified atom stereocenters. The molecule has 2 aliphatic heterocycles. The Kier molecular flexibility index (Phi) is 11.9. The molecule has 0 amide bonds. The van der Waals surface area contributed by atoms with Gasteiger partial charge in [-0.25, -0.2) is 9.98 Å². The smallest absolute Gasteiger partial charge is 0.646 e. The molecule has 6 rings (SSSR count). The maximum absolute atomic E-state index is 6.23. The van der Waals surface area contributed by atoms with Crippen molar-refractivity contribution >= 4 is 114 Å². The van der Waals surface area contributed by atoms with E-state index < -0.39 is 0 Å². The summed E-state index contributed by atoms with van der Waals surface area (Å²) >= 11 is 48.7. The molecule has 4 nitrogen and oxygen atoms in total. The van der Waals surface area contributed by atoms with Crippen molar-refractivity contribution in [1.29, 1.82) is 0 Å². The molecule has 2 aromatic carbocycles. The summed E-state index contributed by atoms with van der Waals surface area (Å²) in [6.45, 7) is 0. The Hall–Kier alpha value is -1.76. The molecule has 2 aliphatic rings. The van der Waals surface area contributed by atoms with Crippen LogP contribution in [0.4, 0.5) is 0 Å². The Balaban J connectivity index is 0.000000192. The molecule has 13 heteroatoms. The third-order valence-electron chi connectivity index (χ3n) is 5.83. The van der Waals surface area contributed by atoms with E-state index in [-0.39, 0.29) is 19.5 Å². The second-order valence-electron chi connectivity index (χ2n) is 8.58. The van der Waals surface area contributed by atoms with Gasteiger partial charge in [0.2, 0.25) is 0 Å². The molecule has 2 aromatic heterocycles. The Labute approximate surface area is 300 Å². The topological polar surface area (TPSA) is 52.9 Å². The van der Waals surface area contributed by atoms with Crippen molar-refractivity contribution in [2.75, 3.05) is 0 Å². The van der Waals surface area contributed by atoms with Crippen LogP contribution in [-0.2, 0) is 19.5 Å². The van der Waals surface area contributed by atoms with E-state index in [2.05, 4.69) is 20.0 Å². The molecule has 0 bridgehead atoms. The van der Waals surface area contributed by atoms with Gasteiger partial charge in [0, 0.05) is 10.0 Å². The van der Waals surface area contributed by atoms with Gasteiger partial charge >= 0.3 is 19.5 Å². The van der Waals surface area contributed by atoms with Gasteiger partial charge in [-0.3, -0.25) is 0 Å². The monoisotopic (exact) mass is 774 g/mol. The number of hydrogen-bond acceptors (Lipinski definition) is 2. The van der Waals surface area contributed by atoms with Crippen molar-refractivity contribution in [2.24, 2.45) is 9.98 Å². The molecule has 0 fully saturated rings. The number of benzene rings is 2. The van der Waals surface area contributed by atoms with E-state index in [9.17, 15) is 0 Å². The summed E-state index contributed by atoms with van der Waals surface area (Å²) in [6.07, 6.45) is 3.17. The van der Waals surface area contributed by atoms with Crippen LogP contribution in [0.25, 0.3) is 11.1 Å². The molecule has 0 N–H and O–H groups in total. The zero-order valence-corrected chi connectivity index (χ0v) is 30.6.